The molecule has 2 rings (SSSR count). The molecule has 0 fully saturated rings. The van der Waals surface area contributed by atoms with E-state index in [9.17, 15) is 0 Å². The molecule has 0 radical (unpaired) electrons. The van der Waals surface area contributed by atoms with E-state index in [0.29, 0.717) is 0 Å². The summed E-state index contributed by atoms with van der Waals surface area (Å²) in [7, 11) is 0. The summed E-state index contributed by atoms with van der Waals surface area (Å²) < 4.78 is 93.1. The van der Waals surface area contributed by atoms with E-state index in [1.54, 1.807) is 0 Å². The topological polar surface area (TPSA) is 0 Å². The number of rotatable bonds is 2. The Morgan fingerprint density at radius 3 is 1.43 bits per heavy atom. The van der Waals surface area contributed by atoms with Crippen LogP contribution in [0.1, 0.15) is 27.6 Å². The Bertz CT molecular complexity index is 824. The van der Waals surface area contributed by atoms with E-state index in [2.05, 4.69) is 0 Å². The Morgan fingerprint density at radius 1 is 0.714 bits per heavy atom. The number of hydrogen-bond donors (Lipinski definition) is 0. The Morgan fingerprint density at radius 2 is 1.07 bits per heavy atom. The molecule has 0 aromatic heterocycles. The summed E-state index contributed by atoms with van der Waals surface area (Å²) in [5.74, 6) is 0. The largest absolute Gasteiger partial charge is 0.0629 e. The van der Waals surface area contributed by atoms with Crippen molar-refractivity contribution in [1.82, 2.24) is 0 Å². The molecule has 0 saturated carbocycles. The third-order valence-electron chi connectivity index (χ3n) is 1.31. The van der Waals surface area contributed by atoms with Crippen LogP contribution < -0.4 is 0 Å². The van der Waals surface area contributed by atoms with Crippen LogP contribution in [0, 0.1) is 0 Å². The molecule has 0 unspecified atom stereocenters. The van der Waals surface area contributed by atoms with E-state index in [-0.39, 0.29) is 0 Å². The van der Waals surface area contributed by atoms with Crippen LogP contribution in [0.15, 0.2) is 60.4 Å². The van der Waals surface area contributed by atoms with Crippen LogP contribution in [-0.2, 0) is 0 Å². The quantitative estimate of drug-likeness (QED) is 0.634. The first kappa shape index (κ1) is 2.40. The molecule has 0 aliphatic carbocycles. The van der Waals surface area contributed by atoms with Crippen molar-refractivity contribution < 1.29 is 16.4 Å². The molecule has 0 amide bonds. The fraction of sp³-hybridized carbons (Fsp3) is 0. The molecule has 0 spiro atoms. The van der Waals surface area contributed by atoms with Crippen LogP contribution in [0.4, 0.5) is 0 Å². The predicted octanol–water partition coefficient (Wildman–Crippen LogP) is 3.86. The van der Waals surface area contributed by atoms with Crippen molar-refractivity contribution in [3.05, 3.63) is 71.6 Å². The molecule has 0 N–H and O–H groups in total. The van der Waals surface area contributed by atoms with Crippen molar-refractivity contribution >= 4 is 12.1 Å². The van der Waals surface area contributed by atoms with E-state index in [0.717, 1.165) is 0 Å². The smallest absolute Gasteiger partial charge is 0.0622 e. The molecule has 0 saturated heterocycles. The molecule has 0 aliphatic heterocycles. The first-order valence-electron chi connectivity index (χ1n) is 9.75. The van der Waals surface area contributed by atoms with Crippen LogP contribution in [0.25, 0.3) is 12.1 Å². The third-order valence-corrected chi connectivity index (χ3v) is 1.31. The van der Waals surface area contributed by atoms with Crippen LogP contribution in [0.5, 0.6) is 0 Å². The van der Waals surface area contributed by atoms with Gasteiger partial charge in [-0.1, -0.05) is 72.5 Å². The minimum Gasteiger partial charge on any atom is -0.0622 e. The summed E-state index contributed by atoms with van der Waals surface area (Å²) in [6.07, 6.45) is 0. The fourth-order valence-electron chi connectivity index (χ4n) is 0.750. The van der Waals surface area contributed by atoms with E-state index in [4.69, 9.17) is 16.4 Å². The van der Waals surface area contributed by atoms with Crippen molar-refractivity contribution in [3.63, 3.8) is 0 Å². The SMILES string of the molecule is [2H]/C(=C(\[2H])c1c([2H])c([2H])c([2H])c([2H])c1[2H])c1c([2H])c([2H])c([2H])c([2H])c1[2H]. The molecule has 14 heavy (non-hydrogen) atoms. The van der Waals surface area contributed by atoms with Crippen molar-refractivity contribution in [2.75, 3.05) is 0 Å². The van der Waals surface area contributed by atoms with E-state index in [1.807, 2.05) is 0 Å². The minimum absolute atomic E-state index is 0.576. The number of hydrogen-bond acceptors (Lipinski definition) is 0. The maximum Gasteiger partial charge on any atom is 0.0629 e. The molecule has 0 aliphatic rings. The molecule has 0 heterocycles. The zero-order valence-electron chi connectivity index (χ0n) is 19.0. The van der Waals surface area contributed by atoms with Gasteiger partial charge in [0.1, 0.15) is 0 Å². The van der Waals surface area contributed by atoms with Gasteiger partial charge in [-0.15, -0.1) is 0 Å². The molecule has 0 atom stereocenters. The standard InChI is InChI=1S/C14H12/c1-3-7-13(8-4-1)11-12-14-9-5-2-6-10-14/h1-12H/b12-11-/i1D,2D,3D,4D,5D,6D,7D,8D,9D,10D,11D,12D. The van der Waals surface area contributed by atoms with E-state index in [1.165, 1.54) is 0 Å². The molecule has 2 aromatic rings. The molecular weight excluding hydrogens is 168 g/mol. The lowest BCUT2D eigenvalue weighted by molar-refractivity contribution is 1.65. The molecule has 0 nitrogen and oxygen atoms in total. The van der Waals surface area contributed by atoms with Gasteiger partial charge in [-0.3, -0.25) is 0 Å². The van der Waals surface area contributed by atoms with Gasteiger partial charge in [0, 0.05) is 0 Å². The summed E-state index contributed by atoms with van der Waals surface area (Å²) >= 11 is 0. The van der Waals surface area contributed by atoms with Crippen LogP contribution >= 0.6 is 0 Å². The van der Waals surface area contributed by atoms with Gasteiger partial charge in [0.05, 0.1) is 16.4 Å². The lowest BCUT2D eigenvalue weighted by Crippen LogP contribution is -1.70. The van der Waals surface area contributed by atoms with Gasteiger partial charge >= 0.3 is 0 Å². The summed E-state index contributed by atoms with van der Waals surface area (Å²) in [4.78, 5) is 0. The molecule has 2 aromatic carbocycles. The van der Waals surface area contributed by atoms with Gasteiger partial charge in [-0.2, -0.15) is 0 Å². The maximum atomic E-state index is 8.08. The lowest BCUT2D eigenvalue weighted by Gasteiger charge is -1.92. The molecule has 68 valence electrons. The van der Waals surface area contributed by atoms with Crippen molar-refractivity contribution in [2.24, 2.45) is 0 Å². The maximum absolute atomic E-state index is 8.08. The predicted molar refractivity (Wildman–Crippen MR) is 61.8 cm³/mol. The van der Waals surface area contributed by atoms with Gasteiger partial charge in [0.15, 0.2) is 0 Å². The van der Waals surface area contributed by atoms with Crippen LogP contribution in [0.3, 0.4) is 0 Å². The summed E-state index contributed by atoms with van der Waals surface area (Å²) in [6.45, 7) is 0. The Balaban J connectivity index is 2.91. The second-order valence-electron chi connectivity index (χ2n) is 2.25. The third kappa shape index (κ3) is 2.33. The summed E-state index contributed by atoms with van der Waals surface area (Å²) in [5.41, 5.74) is -1.15. The van der Waals surface area contributed by atoms with E-state index < -0.39 is 83.7 Å². The average Bonchev–Trinajstić information content (AvgIpc) is 2.61. The molecule has 0 heteroatoms. The second kappa shape index (κ2) is 4.43. The van der Waals surface area contributed by atoms with Crippen molar-refractivity contribution in [2.45, 2.75) is 0 Å². The Kier molecular flexibility index (Phi) is 0.759. The Labute approximate surface area is 101 Å². The lowest BCUT2D eigenvalue weighted by atomic mass is 10.1. The van der Waals surface area contributed by atoms with Gasteiger partial charge in [0.2, 0.25) is 0 Å². The Hall–Kier alpha value is -1.82. The highest BCUT2D eigenvalue weighted by atomic mass is 13.9. The number of benzene rings is 2. The summed E-state index contributed by atoms with van der Waals surface area (Å²) in [5, 5.41) is 0. The van der Waals surface area contributed by atoms with Crippen molar-refractivity contribution in [3.8, 4) is 0 Å². The van der Waals surface area contributed by atoms with Gasteiger partial charge in [-0.05, 0) is 11.1 Å². The van der Waals surface area contributed by atoms with E-state index >= 15 is 0 Å². The highest BCUT2D eigenvalue weighted by Crippen LogP contribution is 2.06. The van der Waals surface area contributed by atoms with Crippen molar-refractivity contribution in [1.29, 1.82) is 0 Å². The average molecular weight is 192 g/mol. The van der Waals surface area contributed by atoms with Crippen LogP contribution in [-0.4, -0.2) is 0 Å². The summed E-state index contributed by atoms with van der Waals surface area (Å²) in [6, 6.07) is -8.61. The van der Waals surface area contributed by atoms with Crippen LogP contribution in [0.2, 0.25) is 0 Å². The highest BCUT2D eigenvalue weighted by Gasteiger charge is 1.84. The fourth-order valence-corrected chi connectivity index (χ4v) is 0.750. The second-order valence-corrected chi connectivity index (χ2v) is 2.25. The van der Waals surface area contributed by atoms with Gasteiger partial charge in [-0.25, -0.2) is 0 Å². The van der Waals surface area contributed by atoms with Gasteiger partial charge in [0.25, 0.3) is 0 Å². The first-order chi connectivity index (χ1) is 11.9. The zero-order chi connectivity index (χ0) is 20.1. The normalized spacial score (nSPS) is 24.0. The highest BCUT2D eigenvalue weighted by molar-refractivity contribution is 5.69. The first-order valence-corrected chi connectivity index (χ1v) is 3.75. The molecule has 0 bridgehead atoms. The molecular formula is C14H12. The zero-order valence-corrected chi connectivity index (χ0v) is 7.00. The monoisotopic (exact) mass is 192 g/mol. The van der Waals surface area contributed by atoms with Gasteiger partial charge < -0.3 is 0 Å². The minimum atomic E-state index is -0.833.